The van der Waals surface area contributed by atoms with E-state index in [4.69, 9.17) is 23.2 Å². The van der Waals surface area contributed by atoms with Crippen molar-refractivity contribution in [2.45, 2.75) is 17.9 Å². The third-order valence-corrected chi connectivity index (χ3v) is 4.80. The Hall–Kier alpha value is -0.670. The lowest BCUT2D eigenvalue weighted by Gasteiger charge is -2.22. The van der Waals surface area contributed by atoms with Gasteiger partial charge in [0.05, 0.1) is 16.1 Å². The van der Waals surface area contributed by atoms with Crippen molar-refractivity contribution in [3.05, 3.63) is 63.6 Å². The highest BCUT2D eigenvalue weighted by Crippen LogP contribution is 2.36. The molecule has 0 bridgehead atoms. The fraction of sp³-hybridized carbons (Fsp3) is 0.250. The van der Waals surface area contributed by atoms with Crippen molar-refractivity contribution < 1.29 is 0 Å². The summed E-state index contributed by atoms with van der Waals surface area (Å²) in [5.41, 5.74) is 2.24. The second-order valence-corrected chi connectivity index (χ2v) is 6.01. The van der Waals surface area contributed by atoms with Gasteiger partial charge in [0.25, 0.3) is 0 Å². The number of benzene rings is 2. The molecule has 1 N–H and O–H groups in total. The Bertz CT molecular complexity index is 586. The van der Waals surface area contributed by atoms with Crippen LogP contribution < -0.4 is 5.32 Å². The number of nitrogens with one attached hydrogen (secondary N) is 1. The average Bonchev–Trinajstić information content (AvgIpc) is 2.48. The van der Waals surface area contributed by atoms with Crippen LogP contribution in [0, 0.1) is 0 Å². The summed E-state index contributed by atoms with van der Waals surface area (Å²) in [5, 5.41) is 4.71. The Kier molecular flexibility index (Phi) is 5.79. The summed E-state index contributed by atoms with van der Waals surface area (Å²) in [6.07, 6.45) is 2.08. The molecule has 0 fully saturated rings. The summed E-state index contributed by atoms with van der Waals surface area (Å²) in [6.45, 7) is 2.95. The lowest BCUT2D eigenvalue weighted by atomic mass is 9.98. The molecule has 0 spiro atoms. The number of rotatable bonds is 5. The second kappa shape index (κ2) is 7.37. The highest BCUT2D eigenvalue weighted by atomic mass is 35.5. The maximum absolute atomic E-state index is 6.39. The fourth-order valence-electron chi connectivity index (χ4n) is 2.24. The third kappa shape index (κ3) is 3.32. The van der Waals surface area contributed by atoms with Crippen LogP contribution in [-0.2, 0) is 0 Å². The van der Waals surface area contributed by atoms with Gasteiger partial charge in [-0.05, 0) is 36.1 Å². The molecule has 0 aliphatic heterocycles. The van der Waals surface area contributed by atoms with Gasteiger partial charge in [-0.1, -0.05) is 60.5 Å². The molecule has 1 nitrogen and oxygen atoms in total. The van der Waals surface area contributed by atoms with Crippen molar-refractivity contribution in [1.29, 1.82) is 0 Å². The van der Waals surface area contributed by atoms with Gasteiger partial charge >= 0.3 is 0 Å². The van der Waals surface area contributed by atoms with E-state index < -0.39 is 0 Å². The van der Waals surface area contributed by atoms with Crippen LogP contribution >= 0.6 is 35.0 Å². The van der Waals surface area contributed by atoms with Gasteiger partial charge in [0.1, 0.15) is 0 Å². The molecule has 4 heteroatoms. The van der Waals surface area contributed by atoms with Crippen molar-refractivity contribution in [2.24, 2.45) is 0 Å². The van der Waals surface area contributed by atoms with E-state index in [2.05, 4.69) is 42.8 Å². The normalized spacial score (nSPS) is 12.4. The fourth-order valence-corrected chi connectivity index (χ4v) is 3.29. The largest absolute Gasteiger partial charge is 0.306 e. The summed E-state index contributed by atoms with van der Waals surface area (Å²) >= 11 is 14.3. The zero-order valence-corrected chi connectivity index (χ0v) is 13.8. The van der Waals surface area contributed by atoms with E-state index in [0.717, 1.165) is 12.1 Å². The first-order valence-corrected chi connectivity index (χ1v) is 8.47. The third-order valence-electron chi connectivity index (χ3n) is 3.15. The van der Waals surface area contributed by atoms with Crippen molar-refractivity contribution in [3.8, 4) is 0 Å². The lowest BCUT2D eigenvalue weighted by Crippen LogP contribution is -2.23. The summed E-state index contributed by atoms with van der Waals surface area (Å²) in [7, 11) is 0. The SMILES string of the molecule is CCNC(c1ccccc1SC)c1cccc(Cl)c1Cl. The van der Waals surface area contributed by atoms with Crippen LogP contribution in [-0.4, -0.2) is 12.8 Å². The number of hydrogen-bond acceptors (Lipinski definition) is 2. The lowest BCUT2D eigenvalue weighted by molar-refractivity contribution is 0.622. The second-order valence-electron chi connectivity index (χ2n) is 4.38. The van der Waals surface area contributed by atoms with E-state index in [-0.39, 0.29) is 6.04 Å². The summed E-state index contributed by atoms with van der Waals surface area (Å²) in [5.74, 6) is 0. The minimum Gasteiger partial charge on any atom is -0.306 e. The van der Waals surface area contributed by atoms with Crippen molar-refractivity contribution in [1.82, 2.24) is 5.32 Å². The molecule has 2 aromatic carbocycles. The minimum absolute atomic E-state index is 0.0508. The molecule has 0 saturated carbocycles. The molecule has 0 saturated heterocycles. The van der Waals surface area contributed by atoms with Crippen LogP contribution in [0.4, 0.5) is 0 Å². The van der Waals surface area contributed by atoms with Gasteiger partial charge < -0.3 is 5.32 Å². The van der Waals surface area contributed by atoms with E-state index in [9.17, 15) is 0 Å². The number of thioether (sulfide) groups is 1. The van der Waals surface area contributed by atoms with E-state index in [0.29, 0.717) is 10.0 Å². The molecule has 2 aromatic rings. The monoisotopic (exact) mass is 325 g/mol. The summed E-state index contributed by atoms with van der Waals surface area (Å²) in [6, 6.07) is 14.2. The zero-order valence-electron chi connectivity index (χ0n) is 11.5. The van der Waals surface area contributed by atoms with Gasteiger partial charge in [0.2, 0.25) is 0 Å². The maximum Gasteiger partial charge on any atom is 0.0643 e. The molecule has 2 rings (SSSR count). The molecule has 106 valence electrons. The van der Waals surface area contributed by atoms with Crippen LogP contribution in [0.1, 0.15) is 24.1 Å². The smallest absolute Gasteiger partial charge is 0.0643 e. The first kappa shape index (κ1) is 15.7. The molecule has 0 aromatic heterocycles. The van der Waals surface area contributed by atoms with Crippen molar-refractivity contribution in [2.75, 3.05) is 12.8 Å². The van der Waals surface area contributed by atoms with E-state index in [1.165, 1.54) is 10.5 Å². The Balaban J connectivity index is 2.53. The van der Waals surface area contributed by atoms with Gasteiger partial charge in [-0.2, -0.15) is 0 Å². The molecular formula is C16H17Cl2NS. The van der Waals surface area contributed by atoms with E-state index in [1.807, 2.05) is 18.2 Å². The molecule has 1 unspecified atom stereocenters. The van der Waals surface area contributed by atoms with Gasteiger partial charge in [-0.15, -0.1) is 11.8 Å². The Morgan fingerprint density at radius 2 is 1.75 bits per heavy atom. The quantitative estimate of drug-likeness (QED) is 0.737. The van der Waals surface area contributed by atoms with Gasteiger partial charge in [0, 0.05) is 4.90 Å². The molecule has 20 heavy (non-hydrogen) atoms. The van der Waals surface area contributed by atoms with Gasteiger partial charge in [-0.25, -0.2) is 0 Å². The first-order chi connectivity index (χ1) is 9.69. The minimum atomic E-state index is 0.0508. The highest BCUT2D eigenvalue weighted by molar-refractivity contribution is 7.98. The highest BCUT2D eigenvalue weighted by Gasteiger charge is 2.19. The standard InChI is InChI=1S/C16H17Cl2NS/c1-3-19-16(11-7-4-5-10-14(11)20-2)12-8-6-9-13(17)15(12)18/h4-10,16,19H,3H2,1-2H3. The Morgan fingerprint density at radius 1 is 1.05 bits per heavy atom. The molecular weight excluding hydrogens is 309 g/mol. The van der Waals surface area contributed by atoms with Crippen LogP contribution in [0.5, 0.6) is 0 Å². The molecule has 0 aliphatic carbocycles. The van der Waals surface area contributed by atoms with Gasteiger partial charge in [-0.3, -0.25) is 0 Å². The van der Waals surface area contributed by atoms with Crippen LogP contribution in [0.15, 0.2) is 47.4 Å². The molecule has 0 aliphatic rings. The van der Waals surface area contributed by atoms with Crippen molar-refractivity contribution >= 4 is 35.0 Å². The molecule has 0 amide bonds. The average molecular weight is 326 g/mol. The Morgan fingerprint density at radius 3 is 2.45 bits per heavy atom. The Labute approximate surface area is 134 Å². The first-order valence-electron chi connectivity index (χ1n) is 6.49. The van der Waals surface area contributed by atoms with Crippen LogP contribution in [0.25, 0.3) is 0 Å². The van der Waals surface area contributed by atoms with Gasteiger partial charge in [0.15, 0.2) is 0 Å². The van der Waals surface area contributed by atoms with E-state index >= 15 is 0 Å². The molecule has 0 heterocycles. The number of hydrogen-bond donors (Lipinski definition) is 1. The van der Waals surface area contributed by atoms with E-state index in [1.54, 1.807) is 11.8 Å². The molecule has 1 atom stereocenters. The zero-order chi connectivity index (χ0) is 14.5. The molecule has 0 radical (unpaired) electrons. The summed E-state index contributed by atoms with van der Waals surface area (Å²) < 4.78 is 0. The predicted molar refractivity (Wildman–Crippen MR) is 90.2 cm³/mol. The number of halogens is 2. The van der Waals surface area contributed by atoms with Crippen molar-refractivity contribution in [3.63, 3.8) is 0 Å². The van der Waals surface area contributed by atoms with Crippen LogP contribution in [0.3, 0.4) is 0 Å². The van der Waals surface area contributed by atoms with Crippen LogP contribution in [0.2, 0.25) is 10.0 Å². The topological polar surface area (TPSA) is 12.0 Å². The predicted octanol–water partition coefficient (Wildman–Crippen LogP) is 5.41. The maximum atomic E-state index is 6.39. The summed E-state index contributed by atoms with van der Waals surface area (Å²) in [4.78, 5) is 1.24.